The van der Waals surface area contributed by atoms with Crippen molar-refractivity contribution in [3.63, 3.8) is 0 Å². The zero-order valence-corrected chi connectivity index (χ0v) is 12.9. The van der Waals surface area contributed by atoms with E-state index in [0.29, 0.717) is 18.7 Å². The second-order valence-electron chi connectivity index (χ2n) is 5.42. The highest BCUT2D eigenvalue weighted by atomic mass is 32.2. The SMILES string of the molecule is CC1OCCC1NS(=O)(=O)c1cc(CO)n(C(C)C)c1. The fraction of sp³-hybridized carbons (Fsp3) is 0.692. The summed E-state index contributed by atoms with van der Waals surface area (Å²) in [6.45, 7) is 6.13. The summed E-state index contributed by atoms with van der Waals surface area (Å²) in [7, 11) is -3.58. The standard InChI is InChI=1S/C13H22N2O4S/c1-9(2)15-7-12(6-11(15)8-16)20(17,18)14-13-4-5-19-10(13)3/h6-7,9-10,13-14,16H,4-5,8H2,1-3H3. The van der Waals surface area contributed by atoms with E-state index in [9.17, 15) is 13.5 Å². The number of hydrogen-bond acceptors (Lipinski definition) is 4. The van der Waals surface area contributed by atoms with Crippen LogP contribution >= 0.6 is 0 Å². The third kappa shape index (κ3) is 3.06. The zero-order valence-electron chi connectivity index (χ0n) is 12.0. The van der Waals surface area contributed by atoms with Gasteiger partial charge in [-0.3, -0.25) is 0 Å². The first kappa shape index (κ1) is 15.5. The van der Waals surface area contributed by atoms with E-state index < -0.39 is 10.0 Å². The number of nitrogens with zero attached hydrogens (tertiary/aromatic N) is 1. The van der Waals surface area contributed by atoms with Crippen LogP contribution in [0.4, 0.5) is 0 Å². The molecule has 1 aromatic rings. The third-order valence-corrected chi connectivity index (χ3v) is 5.08. The fourth-order valence-corrected chi connectivity index (χ4v) is 3.79. The second kappa shape index (κ2) is 5.85. The molecule has 0 radical (unpaired) electrons. The molecular weight excluding hydrogens is 280 g/mol. The van der Waals surface area contributed by atoms with Crippen LogP contribution < -0.4 is 4.72 Å². The number of aromatic nitrogens is 1. The molecule has 2 atom stereocenters. The van der Waals surface area contributed by atoms with Gasteiger partial charge in [0.2, 0.25) is 10.0 Å². The van der Waals surface area contributed by atoms with Gasteiger partial charge < -0.3 is 14.4 Å². The fourth-order valence-electron chi connectivity index (χ4n) is 2.40. The summed E-state index contributed by atoms with van der Waals surface area (Å²) in [5.74, 6) is 0. The molecule has 7 heteroatoms. The molecule has 1 aliphatic rings. The summed E-state index contributed by atoms with van der Waals surface area (Å²) in [5, 5.41) is 9.32. The number of aliphatic hydroxyl groups excluding tert-OH is 1. The van der Waals surface area contributed by atoms with Crippen LogP contribution in [0.2, 0.25) is 0 Å². The molecule has 6 nitrogen and oxygen atoms in total. The molecule has 1 fully saturated rings. The van der Waals surface area contributed by atoms with E-state index in [1.165, 1.54) is 6.07 Å². The third-order valence-electron chi connectivity index (χ3n) is 3.62. The van der Waals surface area contributed by atoms with E-state index in [0.717, 1.165) is 0 Å². The van der Waals surface area contributed by atoms with E-state index in [1.807, 2.05) is 20.8 Å². The summed E-state index contributed by atoms with van der Waals surface area (Å²) in [6, 6.07) is 1.41. The molecule has 2 N–H and O–H groups in total. The number of hydrogen-bond donors (Lipinski definition) is 2. The van der Waals surface area contributed by atoms with E-state index in [1.54, 1.807) is 10.8 Å². The molecule has 20 heavy (non-hydrogen) atoms. The van der Waals surface area contributed by atoms with E-state index in [-0.39, 0.29) is 29.7 Å². The van der Waals surface area contributed by atoms with Crippen LogP contribution in [0.15, 0.2) is 17.2 Å². The molecular formula is C13H22N2O4S. The van der Waals surface area contributed by atoms with Crippen molar-refractivity contribution in [2.45, 2.75) is 56.9 Å². The molecule has 1 saturated heterocycles. The van der Waals surface area contributed by atoms with Crippen LogP contribution in [0.1, 0.15) is 38.9 Å². The number of nitrogens with one attached hydrogen (secondary N) is 1. The first-order valence-corrected chi connectivity index (χ1v) is 8.29. The number of rotatable bonds is 5. The Hall–Kier alpha value is -0.890. The molecule has 0 bridgehead atoms. The molecule has 1 aromatic heterocycles. The molecule has 1 aliphatic heterocycles. The quantitative estimate of drug-likeness (QED) is 0.851. The first-order valence-electron chi connectivity index (χ1n) is 6.80. The Bertz CT molecular complexity index is 565. The van der Waals surface area contributed by atoms with Crippen molar-refractivity contribution < 1.29 is 18.3 Å². The largest absolute Gasteiger partial charge is 0.390 e. The van der Waals surface area contributed by atoms with Crippen LogP contribution in [-0.2, 0) is 21.4 Å². The van der Waals surface area contributed by atoms with Crippen LogP contribution in [0, 0.1) is 0 Å². The van der Waals surface area contributed by atoms with Gasteiger partial charge in [0, 0.05) is 24.5 Å². The second-order valence-corrected chi connectivity index (χ2v) is 7.13. The maximum atomic E-state index is 12.4. The predicted molar refractivity (Wildman–Crippen MR) is 74.9 cm³/mol. The van der Waals surface area contributed by atoms with Gasteiger partial charge in [0.1, 0.15) is 0 Å². The Kier molecular flexibility index (Phi) is 4.53. The average Bonchev–Trinajstić information content (AvgIpc) is 2.96. The van der Waals surface area contributed by atoms with Gasteiger partial charge in [-0.05, 0) is 33.3 Å². The van der Waals surface area contributed by atoms with E-state index in [4.69, 9.17) is 4.74 Å². The van der Waals surface area contributed by atoms with Gasteiger partial charge in [0.15, 0.2) is 0 Å². The number of sulfonamides is 1. The summed E-state index contributed by atoms with van der Waals surface area (Å²) < 4.78 is 34.6. The van der Waals surface area contributed by atoms with Gasteiger partial charge in [-0.15, -0.1) is 0 Å². The minimum Gasteiger partial charge on any atom is -0.390 e. The summed E-state index contributed by atoms with van der Waals surface area (Å²) >= 11 is 0. The van der Waals surface area contributed by atoms with Crippen molar-refractivity contribution in [2.75, 3.05) is 6.61 Å². The van der Waals surface area contributed by atoms with Crippen molar-refractivity contribution in [3.8, 4) is 0 Å². The topological polar surface area (TPSA) is 80.6 Å². The van der Waals surface area contributed by atoms with Gasteiger partial charge in [-0.2, -0.15) is 0 Å². The predicted octanol–water partition coefficient (Wildman–Crippen LogP) is 1.02. The Balaban J connectivity index is 2.25. The van der Waals surface area contributed by atoms with Gasteiger partial charge in [0.05, 0.1) is 23.6 Å². The van der Waals surface area contributed by atoms with Crippen LogP contribution in [0.25, 0.3) is 0 Å². The maximum Gasteiger partial charge on any atom is 0.242 e. The number of aliphatic hydroxyl groups is 1. The minimum absolute atomic E-state index is 0.0924. The summed E-state index contributed by atoms with van der Waals surface area (Å²) in [4.78, 5) is 0.189. The lowest BCUT2D eigenvalue weighted by Gasteiger charge is -2.15. The highest BCUT2D eigenvalue weighted by molar-refractivity contribution is 7.89. The van der Waals surface area contributed by atoms with Crippen molar-refractivity contribution >= 4 is 10.0 Å². The smallest absolute Gasteiger partial charge is 0.242 e. The molecule has 2 heterocycles. The van der Waals surface area contributed by atoms with Crippen molar-refractivity contribution in [1.29, 1.82) is 0 Å². The monoisotopic (exact) mass is 302 g/mol. The van der Waals surface area contributed by atoms with Gasteiger partial charge in [0.25, 0.3) is 0 Å². The maximum absolute atomic E-state index is 12.4. The lowest BCUT2D eigenvalue weighted by Crippen LogP contribution is -2.38. The molecule has 2 unspecified atom stereocenters. The average molecular weight is 302 g/mol. The zero-order chi connectivity index (χ0) is 14.9. The lowest BCUT2D eigenvalue weighted by molar-refractivity contribution is 0.117. The van der Waals surface area contributed by atoms with E-state index >= 15 is 0 Å². The van der Waals surface area contributed by atoms with Crippen LogP contribution in [0.3, 0.4) is 0 Å². The number of ether oxygens (including phenoxy) is 1. The Morgan fingerprint density at radius 3 is 2.70 bits per heavy atom. The molecule has 114 valence electrons. The van der Waals surface area contributed by atoms with Crippen LogP contribution in [-0.4, -0.2) is 36.8 Å². The summed E-state index contributed by atoms with van der Waals surface area (Å²) in [5.41, 5.74) is 0.594. The molecule has 2 rings (SSSR count). The van der Waals surface area contributed by atoms with Gasteiger partial charge in [-0.1, -0.05) is 0 Å². The van der Waals surface area contributed by atoms with Crippen LogP contribution in [0.5, 0.6) is 0 Å². The van der Waals surface area contributed by atoms with Gasteiger partial charge >= 0.3 is 0 Å². The highest BCUT2D eigenvalue weighted by Gasteiger charge is 2.30. The molecule has 0 amide bonds. The van der Waals surface area contributed by atoms with Crippen molar-refractivity contribution in [3.05, 3.63) is 18.0 Å². The van der Waals surface area contributed by atoms with E-state index in [2.05, 4.69) is 4.72 Å². The molecule has 0 saturated carbocycles. The lowest BCUT2D eigenvalue weighted by atomic mass is 10.2. The molecule has 0 spiro atoms. The van der Waals surface area contributed by atoms with Gasteiger partial charge in [-0.25, -0.2) is 13.1 Å². The van der Waals surface area contributed by atoms with Crippen molar-refractivity contribution in [2.24, 2.45) is 0 Å². The summed E-state index contributed by atoms with van der Waals surface area (Å²) in [6.07, 6.45) is 2.13. The highest BCUT2D eigenvalue weighted by Crippen LogP contribution is 2.21. The Morgan fingerprint density at radius 1 is 1.55 bits per heavy atom. The Morgan fingerprint density at radius 2 is 2.25 bits per heavy atom. The van der Waals surface area contributed by atoms with Crippen molar-refractivity contribution in [1.82, 2.24) is 9.29 Å². The molecule has 0 aliphatic carbocycles. The first-order chi connectivity index (χ1) is 9.35. The Labute approximate surface area is 119 Å². The minimum atomic E-state index is -3.58. The normalized spacial score (nSPS) is 23.6. The molecule has 0 aromatic carbocycles.